The van der Waals surface area contributed by atoms with Gasteiger partial charge in [0, 0.05) is 25.8 Å². The molecule has 19 heavy (non-hydrogen) atoms. The normalized spacial score (nSPS) is 17.1. The molecule has 1 aromatic rings. The van der Waals surface area contributed by atoms with E-state index in [9.17, 15) is 0 Å². The molecule has 0 bridgehead atoms. The number of piperidine rings is 1. The Morgan fingerprint density at radius 1 is 1.32 bits per heavy atom. The van der Waals surface area contributed by atoms with Crippen molar-refractivity contribution in [3.63, 3.8) is 0 Å². The second-order valence-electron chi connectivity index (χ2n) is 5.33. The first-order valence-electron chi connectivity index (χ1n) is 7.42. The lowest BCUT2D eigenvalue weighted by atomic mass is 9.96. The minimum atomic E-state index is 0.796. The van der Waals surface area contributed by atoms with Crippen LogP contribution in [0.3, 0.4) is 0 Å². The summed E-state index contributed by atoms with van der Waals surface area (Å²) in [5, 5.41) is 0. The maximum atomic E-state index is 6.00. The Kier molecular flexibility index (Phi) is 5.02. The molecule has 2 heterocycles. The second-order valence-corrected chi connectivity index (χ2v) is 5.33. The molecule has 0 aromatic carbocycles. The Bertz CT molecular complexity index is 381. The van der Waals surface area contributed by atoms with Crippen molar-refractivity contribution in [1.29, 1.82) is 0 Å². The number of aromatic nitrogens is 1. The van der Waals surface area contributed by atoms with Gasteiger partial charge in [-0.3, -0.25) is 0 Å². The first kappa shape index (κ1) is 14.1. The maximum Gasteiger partial charge on any atom is 0.151 e. The van der Waals surface area contributed by atoms with Gasteiger partial charge in [-0.25, -0.2) is 4.98 Å². The molecule has 0 atom stereocenters. The van der Waals surface area contributed by atoms with Crippen molar-refractivity contribution >= 4 is 11.5 Å². The van der Waals surface area contributed by atoms with Crippen LogP contribution < -0.4 is 10.6 Å². The molecule has 1 aliphatic rings. The van der Waals surface area contributed by atoms with Gasteiger partial charge in [-0.2, -0.15) is 0 Å². The van der Waals surface area contributed by atoms with Crippen molar-refractivity contribution < 1.29 is 0 Å². The number of nitrogens with two attached hydrogens (primary N) is 1. The van der Waals surface area contributed by atoms with Gasteiger partial charge in [0.15, 0.2) is 5.82 Å². The van der Waals surface area contributed by atoms with Gasteiger partial charge < -0.3 is 15.5 Å². The first-order valence-corrected chi connectivity index (χ1v) is 7.42. The number of hydrogen-bond acceptors (Lipinski definition) is 4. The fourth-order valence-corrected chi connectivity index (χ4v) is 2.85. The molecule has 1 saturated heterocycles. The van der Waals surface area contributed by atoms with E-state index in [1.807, 2.05) is 18.3 Å². The predicted octanol–water partition coefficient (Wildman–Crippen LogP) is 2.22. The zero-order valence-corrected chi connectivity index (χ0v) is 12.2. The highest BCUT2D eigenvalue weighted by atomic mass is 15.2. The molecule has 106 valence electrons. The SMILES string of the molecule is CCN(CC)CC1CCN(c2ncccc2N)CC1. The number of anilines is 2. The number of pyridine rings is 1. The fourth-order valence-electron chi connectivity index (χ4n) is 2.85. The van der Waals surface area contributed by atoms with Gasteiger partial charge in [0.05, 0.1) is 5.69 Å². The Morgan fingerprint density at radius 2 is 2.00 bits per heavy atom. The molecular formula is C15H26N4. The molecule has 2 N–H and O–H groups in total. The van der Waals surface area contributed by atoms with Crippen LogP contribution in [0.4, 0.5) is 11.5 Å². The van der Waals surface area contributed by atoms with E-state index in [4.69, 9.17) is 5.73 Å². The van der Waals surface area contributed by atoms with Crippen molar-refractivity contribution in [3.8, 4) is 0 Å². The minimum absolute atomic E-state index is 0.796. The lowest BCUT2D eigenvalue weighted by molar-refractivity contribution is 0.229. The molecular weight excluding hydrogens is 236 g/mol. The summed E-state index contributed by atoms with van der Waals surface area (Å²) in [7, 11) is 0. The van der Waals surface area contributed by atoms with Gasteiger partial charge in [0.25, 0.3) is 0 Å². The number of rotatable bonds is 5. The third-order valence-corrected chi connectivity index (χ3v) is 4.14. The van der Waals surface area contributed by atoms with Gasteiger partial charge in [0.2, 0.25) is 0 Å². The Hall–Kier alpha value is -1.29. The standard InChI is InChI=1S/C15H26N4/c1-3-18(4-2)12-13-7-10-19(11-8-13)15-14(16)6-5-9-17-15/h5-6,9,13H,3-4,7-8,10-12,16H2,1-2H3. The third kappa shape index (κ3) is 3.60. The summed E-state index contributed by atoms with van der Waals surface area (Å²) < 4.78 is 0. The van der Waals surface area contributed by atoms with E-state index >= 15 is 0 Å². The quantitative estimate of drug-likeness (QED) is 0.884. The van der Waals surface area contributed by atoms with E-state index in [0.717, 1.165) is 43.6 Å². The summed E-state index contributed by atoms with van der Waals surface area (Å²) in [6, 6.07) is 3.83. The molecule has 2 rings (SSSR count). The zero-order valence-electron chi connectivity index (χ0n) is 12.2. The summed E-state index contributed by atoms with van der Waals surface area (Å²) in [5.74, 6) is 1.78. The van der Waals surface area contributed by atoms with Crippen molar-refractivity contribution in [3.05, 3.63) is 18.3 Å². The van der Waals surface area contributed by atoms with Crippen LogP contribution in [-0.2, 0) is 0 Å². The minimum Gasteiger partial charge on any atom is -0.396 e. The highest BCUT2D eigenvalue weighted by molar-refractivity contribution is 5.62. The van der Waals surface area contributed by atoms with Crippen LogP contribution in [0.1, 0.15) is 26.7 Å². The monoisotopic (exact) mass is 262 g/mol. The predicted molar refractivity (Wildman–Crippen MR) is 81.4 cm³/mol. The summed E-state index contributed by atoms with van der Waals surface area (Å²) in [5.41, 5.74) is 6.79. The van der Waals surface area contributed by atoms with Crippen LogP contribution in [0.25, 0.3) is 0 Å². The van der Waals surface area contributed by atoms with Crippen molar-refractivity contribution in [1.82, 2.24) is 9.88 Å². The lowest BCUT2D eigenvalue weighted by Gasteiger charge is -2.35. The molecule has 1 aliphatic heterocycles. The van der Waals surface area contributed by atoms with Gasteiger partial charge in [-0.05, 0) is 44.0 Å². The van der Waals surface area contributed by atoms with Crippen molar-refractivity contribution in [2.75, 3.05) is 43.4 Å². The molecule has 4 nitrogen and oxygen atoms in total. The average molecular weight is 262 g/mol. The third-order valence-electron chi connectivity index (χ3n) is 4.14. The Balaban J connectivity index is 1.87. The highest BCUT2D eigenvalue weighted by Gasteiger charge is 2.22. The molecule has 0 saturated carbocycles. The smallest absolute Gasteiger partial charge is 0.151 e. The van der Waals surface area contributed by atoms with Gasteiger partial charge in [-0.15, -0.1) is 0 Å². The molecule has 0 amide bonds. The van der Waals surface area contributed by atoms with E-state index in [2.05, 4.69) is 28.6 Å². The molecule has 0 unspecified atom stereocenters. The number of nitrogen functional groups attached to an aromatic ring is 1. The van der Waals surface area contributed by atoms with Gasteiger partial charge in [-0.1, -0.05) is 13.8 Å². The van der Waals surface area contributed by atoms with Crippen LogP contribution in [0.5, 0.6) is 0 Å². The summed E-state index contributed by atoms with van der Waals surface area (Å²) >= 11 is 0. The maximum absolute atomic E-state index is 6.00. The fraction of sp³-hybridized carbons (Fsp3) is 0.667. The van der Waals surface area contributed by atoms with Crippen LogP contribution >= 0.6 is 0 Å². The van der Waals surface area contributed by atoms with Crippen LogP contribution in [0, 0.1) is 5.92 Å². The molecule has 0 radical (unpaired) electrons. The molecule has 0 spiro atoms. The van der Waals surface area contributed by atoms with Crippen LogP contribution in [0.2, 0.25) is 0 Å². The summed E-state index contributed by atoms with van der Waals surface area (Å²) in [6.07, 6.45) is 4.31. The van der Waals surface area contributed by atoms with Crippen LogP contribution in [-0.4, -0.2) is 42.6 Å². The highest BCUT2D eigenvalue weighted by Crippen LogP contribution is 2.26. The summed E-state index contributed by atoms with van der Waals surface area (Å²) in [4.78, 5) is 9.26. The van der Waals surface area contributed by atoms with Crippen LogP contribution in [0.15, 0.2) is 18.3 Å². The van der Waals surface area contributed by atoms with E-state index in [1.165, 1.54) is 19.4 Å². The molecule has 0 aliphatic carbocycles. The van der Waals surface area contributed by atoms with E-state index in [-0.39, 0.29) is 0 Å². The average Bonchev–Trinajstić information content (AvgIpc) is 2.46. The number of hydrogen-bond donors (Lipinski definition) is 1. The molecule has 1 fully saturated rings. The number of nitrogens with zero attached hydrogens (tertiary/aromatic N) is 3. The molecule has 4 heteroatoms. The van der Waals surface area contributed by atoms with Gasteiger partial charge >= 0.3 is 0 Å². The van der Waals surface area contributed by atoms with E-state index in [1.54, 1.807) is 0 Å². The van der Waals surface area contributed by atoms with E-state index in [0.29, 0.717) is 0 Å². The zero-order chi connectivity index (χ0) is 13.7. The largest absolute Gasteiger partial charge is 0.396 e. The summed E-state index contributed by atoms with van der Waals surface area (Å²) in [6.45, 7) is 10.2. The first-order chi connectivity index (χ1) is 9.24. The Morgan fingerprint density at radius 3 is 2.58 bits per heavy atom. The van der Waals surface area contributed by atoms with Crippen molar-refractivity contribution in [2.24, 2.45) is 5.92 Å². The van der Waals surface area contributed by atoms with Crippen molar-refractivity contribution in [2.45, 2.75) is 26.7 Å². The topological polar surface area (TPSA) is 45.4 Å². The second kappa shape index (κ2) is 6.75. The van der Waals surface area contributed by atoms with Gasteiger partial charge in [0.1, 0.15) is 0 Å². The lowest BCUT2D eigenvalue weighted by Crippen LogP contribution is -2.39. The van der Waals surface area contributed by atoms with E-state index < -0.39 is 0 Å². The Labute approximate surface area is 116 Å². The molecule has 1 aromatic heterocycles.